The van der Waals surface area contributed by atoms with Crippen molar-refractivity contribution >= 4 is 11.8 Å². The SMILES string of the molecule is O=C(O)Nc1cc(CO)cc(C(F)(F)F)c1. The van der Waals surface area contributed by atoms with Crippen molar-refractivity contribution in [3.05, 3.63) is 29.3 Å². The summed E-state index contributed by atoms with van der Waals surface area (Å²) in [5.74, 6) is 0. The van der Waals surface area contributed by atoms with E-state index < -0.39 is 24.4 Å². The molecule has 3 N–H and O–H groups in total. The van der Waals surface area contributed by atoms with E-state index in [0.29, 0.717) is 6.07 Å². The van der Waals surface area contributed by atoms with Gasteiger partial charge in [0.1, 0.15) is 0 Å². The van der Waals surface area contributed by atoms with Crippen LogP contribution in [0.25, 0.3) is 0 Å². The van der Waals surface area contributed by atoms with Crippen LogP contribution in [-0.2, 0) is 12.8 Å². The first-order valence-electron chi connectivity index (χ1n) is 4.15. The Morgan fingerprint density at radius 1 is 1.31 bits per heavy atom. The second-order valence-corrected chi connectivity index (χ2v) is 3.00. The highest BCUT2D eigenvalue weighted by atomic mass is 19.4. The third-order valence-electron chi connectivity index (χ3n) is 1.75. The Balaban J connectivity index is 3.16. The summed E-state index contributed by atoms with van der Waals surface area (Å²) < 4.78 is 37.1. The summed E-state index contributed by atoms with van der Waals surface area (Å²) in [5, 5.41) is 18.9. The first kappa shape index (κ1) is 12.3. The van der Waals surface area contributed by atoms with E-state index in [4.69, 9.17) is 10.2 Å². The zero-order valence-electron chi connectivity index (χ0n) is 7.88. The van der Waals surface area contributed by atoms with Gasteiger partial charge in [-0.25, -0.2) is 4.79 Å². The summed E-state index contributed by atoms with van der Waals surface area (Å²) >= 11 is 0. The zero-order valence-corrected chi connectivity index (χ0v) is 7.88. The molecule has 7 heteroatoms. The van der Waals surface area contributed by atoms with Crippen LogP contribution >= 0.6 is 0 Å². The van der Waals surface area contributed by atoms with Gasteiger partial charge < -0.3 is 10.2 Å². The molecule has 0 fully saturated rings. The number of alkyl halides is 3. The summed E-state index contributed by atoms with van der Waals surface area (Å²) in [7, 11) is 0. The third-order valence-corrected chi connectivity index (χ3v) is 1.75. The second kappa shape index (κ2) is 4.40. The number of rotatable bonds is 2. The van der Waals surface area contributed by atoms with Gasteiger partial charge in [0, 0.05) is 5.69 Å². The maximum Gasteiger partial charge on any atom is 0.416 e. The molecule has 0 bridgehead atoms. The minimum Gasteiger partial charge on any atom is -0.465 e. The van der Waals surface area contributed by atoms with Crippen LogP contribution in [-0.4, -0.2) is 16.3 Å². The molecular weight excluding hydrogens is 227 g/mol. The number of halogens is 3. The quantitative estimate of drug-likeness (QED) is 0.736. The summed E-state index contributed by atoms with van der Waals surface area (Å²) in [6.07, 6.45) is -6.05. The van der Waals surface area contributed by atoms with Gasteiger partial charge in [-0.05, 0) is 23.8 Å². The predicted octanol–water partition coefficient (Wildman–Crippen LogP) is 2.29. The van der Waals surface area contributed by atoms with Gasteiger partial charge in [0.05, 0.1) is 12.2 Å². The number of carboxylic acid groups (broad SMARTS) is 1. The lowest BCUT2D eigenvalue weighted by atomic mass is 10.1. The predicted molar refractivity (Wildman–Crippen MR) is 49.0 cm³/mol. The molecule has 0 saturated heterocycles. The van der Waals surface area contributed by atoms with Crippen LogP contribution < -0.4 is 5.32 Å². The number of nitrogens with one attached hydrogen (secondary N) is 1. The van der Waals surface area contributed by atoms with E-state index in [1.165, 1.54) is 0 Å². The normalized spacial score (nSPS) is 11.2. The summed E-state index contributed by atoms with van der Waals surface area (Å²) in [6, 6.07) is 2.55. The van der Waals surface area contributed by atoms with E-state index in [1.807, 2.05) is 0 Å². The molecule has 1 aromatic rings. The number of aliphatic hydroxyl groups excluding tert-OH is 1. The van der Waals surface area contributed by atoms with E-state index in [-0.39, 0.29) is 11.3 Å². The minimum absolute atomic E-state index is 0.0152. The second-order valence-electron chi connectivity index (χ2n) is 3.00. The molecule has 1 amide bonds. The van der Waals surface area contributed by atoms with E-state index >= 15 is 0 Å². The number of aliphatic hydroxyl groups is 1. The van der Waals surface area contributed by atoms with Crippen molar-refractivity contribution in [2.24, 2.45) is 0 Å². The van der Waals surface area contributed by atoms with Gasteiger partial charge in [-0.15, -0.1) is 0 Å². The first-order chi connectivity index (χ1) is 7.32. The molecule has 0 radical (unpaired) electrons. The minimum atomic E-state index is -4.58. The van der Waals surface area contributed by atoms with Gasteiger partial charge in [0.2, 0.25) is 0 Å². The number of amides is 1. The van der Waals surface area contributed by atoms with Crippen LogP contribution in [0.5, 0.6) is 0 Å². The lowest BCUT2D eigenvalue weighted by Gasteiger charge is -2.10. The molecule has 1 aromatic carbocycles. The molecule has 16 heavy (non-hydrogen) atoms. The maximum atomic E-state index is 12.4. The monoisotopic (exact) mass is 235 g/mol. The first-order valence-corrected chi connectivity index (χ1v) is 4.15. The van der Waals surface area contributed by atoms with E-state index in [0.717, 1.165) is 12.1 Å². The van der Waals surface area contributed by atoms with Crippen LogP contribution in [0.4, 0.5) is 23.7 Å². The standard InChI is InChI=1S/C9H8F3NO3/c10-9(11,12)6-1-5(4-14)2-7(3-6)13-8(15)16/h1-3,13-14H,4H2,(H,15,16). The number of anilines is 1. The molecule has 0 aromatic heterocycles. The van der Waals surface area contributed by atoms with Crippen molar-refractivity contribution in [3.63, 3.8) is 0 Å². The van der Waals surface area contributed by atoms with E-state index in [2.05, 4.69) is 0 Å². The van der Waals surface area contributed by atoms with Crippen LogP contribution in [0.15, 0.2) is 18.2 Å². The topological polar surface area (TPSA) is 69.6 Å². The van der Waals surface area contributed by atoms with Crippen LogP contribution in [0.3, 0.4) is 0 Å². The summed E-state index contributed by atoms with van der Waals surface area (Å²) in [4.78, 5) is 10.3. The smallest absolute Gasteiger partial charge is 0.416 e. The molecule has 4 nitrogen and oxygen atoms in total. The Morgan fingerprint density at radius 2 is 1.94 bits per heavy atom. The van der Waals surface area contributed by atoms with Crippen molar-refractivity contribution < 1.29 is 28.2 Å². The molecule has 0 unspecified atom stereocenters. The fourth-order valence-electron chi connectivity index (χ4n) is 1.14. The maximum absolute atomic E-state index is 12.4. The third kappa shape index (κ3) is 3.13. The van der Waals surface area contributed by atoms with Gasteiger partial charge in [0.25, 0.3) is 0 Å². The van der Waals surface area contributed by atoms with Gasteiger partial charge in [-0.1, -0.05) is 0 Å². The molecule has 1 rings (SSSR count). The molecule has 0 aliphatic heterocycles. The van der Waals surface area contributed by atoms with Crippen molar-refractivity contribution in [2.75, 3.05) is 5.32 Å². The zero-order chi connectivity index (χ0) is 12.3. The van der Waals surface area contributed by atoms with E-state index in [1.54, 1.807) is 5.32 Å². The molecule has 0 atom stereocenters. The van der Waals surface area contributed by atoms with Crippen molar-refractivity contribution in [1.82, 2.24) is 0 Å². The molecule has 0 heterocycles. The fourth-order valence-corrected chi connectivity index (χ4v) is 1.14. The lowest BCUT2D eigenvalue weighted by molar-refractivity contribution is -0.137. The number of hydrogen-bond donors (Lipinski definition) is 3. The average Bonchev–Trinajstić information content (AvgIpc) is 2.14. The molecule has 0 spiro atoms. The van der Waals surface area contributed by atoms with Gasteiger partial charge in [-0.3, -0.25) is 5.32 Å². The lowest BCUT2D eigenvalue weighted by Crippen LogP contribution is -2.11. The van der Waals surface area contributed by atoms with Crippen molar-refractivity contribution in [2.45, 2.75) is 12.8 Å². The molecule has 88 valence electrons. The average molecular weight is 235 g/mol. The highest BCUT2D eigenvalue weighted by Gasteiger charge is 2.31. The van der Waals surface area contributed by atoms with Crippen LogP contribution in [0.2, 0.25) is 0 Å². The Hall–Kier alpha value is -1.76. The Bertz CT molecular complexity index is 403. The van der Waals surface area contributed by atoms with Gasteiger partial charge in [0.15, 0.2) is 0 Å². The fraction of sp³-hybridized carbons (Fsp3) is 0.222. The van der Waals surface area contributed by atoms with Crippen LogP contribution in [0.1, 0.15) is 11.1 Å². The van der Waals surface area contributed by atoms with Crippen LogP contribution in [0, 0.1) is 0 Å². The van der Waals surface area contributed by atoms with Gasteiger partial charge in [-0.2, -0.15) is 13.2 Å². The molecule has 0 saturated carbocycles. The van der Waals surface area contributed by atoms with E-state index in [9.17, 15) is 18.0 Å². The molecule has 0 aliphatic rings. The highest BCUT2D eigenvalue weighted by molar-refractivity contribution is 5.83. The number of carbonyl (C=O) groups is 1. The van der Waals surface area contributed by atoms with Crippen molar-refractivity contribution in [1.29, 1.82) is 0 Å². The summed E-state index contributed by atoms with van der Waals surface area (Å²) in [5.41, 5.74) is -1.26. The molecular formula is C9H8F3NO3. The Morgan fingerprint density at radius 3 is 2.38 bits per heavy atom. The Kier molecular flexibility index (Phi) is 3.38. The molecule has 0 aliphatic carbocycles. The van der Waals surface area contributed by atoms with Gasteiger partial charge >= 0.3 is 12.3 Å². The Labute approximate surface area is 88.3 Å². The number of benzene rings is 1. The van der Waals surface area contributed by atoms with Crippen molar-refractivity contribution in [3.8, 4) is 0 Å². The summed E-state index contributed by atoms with van der Waals surface area (Å²) in [6.45, 7) is -0.599. The highest BCUT2D eigenvalue weighted by Crippen LogP contribution is 2.32. The number of hydrogen-bond acceptors (Lipinski definition) is 2. The largest absolute Gasteiger partial charge is 0.465 e.